The SMILES string of the molecule is CN(C)CCN(CC(=O)OC(C)(C)C)C(=O)/C=C/c1ccc(S(=O)(=O)NCc2ccco2)cc1. The van der Waals surface area contributed by atoms with Gasteiger partial charge in [0.25, 0.3) is 0 Å². The first-order valence-corrected chi connectivity index (χ1v) is 12.3. The summed E-state index contributed by atoms with van der Waals surface area (Å²) in [7, 11) is 0.0528. The average Bonchev–Trinajstić information content (AvgIpc) is 3.26. The highest BCUT2D eigenvalue weighted by Crippen LogP contribution is 2.13. The lowest BCUT2D eigenvalue weighted by Gasteiger charge is -2.25. The Kier molecular flexibility index (Phi) is 9.60. The molecule has 0 unspecified atom stereocenters. The predicted octanol–water partition coefficient (Wildman–Crippen LogP) is 2.50. The fraction of sp³-hybridized carbons (Fsp3) is 0.417. The zero-order valence-corrected chi connectivity index (χ0v) is 21.1. The number of ether oxygens (including phenoxy) is 1. The monoisotopic (exact) mass is 491 g/mol. The van der Waals surface area contributed by atoms with Crippen LogP contribution in [0, 0.1) is 0 Å². The van der Waals surface area contributed by atoms with E-state index >= 15 is 0 Å². The van der Waals surface area contributed by atoms with Crippen molar-refractivity contribution in [2.45, 2.75) is 37.8 Å². The number of carbonyl (C=O) groups excluding carboxylic acids is 2. The predicted molar refractivity (Wildman–Crippen MR) is 129 cm³/mol. The third-order valence-corrected chi connectivity index (χ3v) is 5.91. The highest BCUT2D eigenvalue weighted by atomic mass is 32.2. The van der Waals surface area contributed by atoms with Crippen LogP contribution in [0.2, 0.25) is 0 Å². The summed E-state index contributed by atoms with van der Waals surface area (Å²) in [6.07, 6.45) is 4.41. The van der Waals surface area contributed by atoms with Crippen LogP contribution in [-0.4, -0.2) is 69.4 Å². The minimum absolute atomic E-state index is 0.0475. The van der Waals surface area contributed by atoms with E-state index in [9.17, 15) is 18.0 Å². The van der Waals surface area contributed by atoms with Crippen molar-refractivity contribution in [2.24, 2.45) is 0 Å². The standard InChI is InChI=1S/C24H33N3O6S/c1-24(2,3)33-23(29)18-27(15-14-26(4)5)22(28)13-10-19-8-11-21(12-9-19)34(30,31)25-17-20-7-6-16-32-20/h6-13,16,25H,14-15,17-18H2,1-5H3/b13-10+. The van der Waals surface area contributed by atoms with Gasteiger partial charge in [-0.25, -0.2) is 13.1 Å². The minimum atomic E-state index is -3.71. The van der Waals surface area contributed by atoms with Gasteiger partial charge in [-0.05, 0) is 70.8 Å². The molecule has 1 heterocycles. The van der Waals surface area contributed by atoms with E-state index in [1.165, 1.54) is 29.4 Å². The van der Waals surface area contributed by atoms with E-state index in [0.29, 0.717) is 24.4 Å². The zero-order chi connectivity index (χ0) is 25.4. The van der Waals surface area contributed by atoms with E-state index in [4.69, 9.17) is 9.15 Å². The van der Waals surface area contributed by atoms with Crippen molar-refractivity contribution in [3.8, 4) is 0 Å². The summed E-state index contributed by atoms with van der Waals surface area (Å²) in [5, 5.41) is 0. The van der Waals surface area contributed by atoms with Gasteiger partial charge in [0.15, 0.2) is 0 Å². The van der Waals surface area contributed by atoms with Gasteiger partial charge in [-0.15, -0.1) is 0 Å². The molecule has 0 aliphatic carbocycles. The molecule has 2 aromatic rings. The molecule has 0 radical (unpaired) electrons. The summed E-state index contributed by atoms with van der Waals surface area (Å²) in [5.74, 6) is -0.319. The molecule has 0 saturated carbocycles. The number of rotatable bonds is 11. The molecule has 0 saturated heterocycles. The minimum Gasteiger partial charge on any atom is -0.468 e. The van der Waals surface area contributed by atoms with E-state index < -0.39 is 21.6 Å². The number of carbonyl (C=O) groups is 2. The maximum absolute atomic E-state index is 12.8. The van der Waals surface area contributed by atoms with Gasteiger partial charge in [0.05, 0.1) is 17.7 Å². The van der Waals surface area contributed by atoms with Gasteiger partial charge < -0.3 is 19.0 Å². The molecule has 0 bridgehead atoms. The molecule has 0 fully saturated rings. The number of furan rings is 1. The first kappa shape index (κ1) is 27.3. The number of nitrogens with zero attached hydrogens (tertiary/aromatic N) is 2. The third kappa shape index (κ3) is 9.50. The Bertz CT molecular complexity index is 1070. The second-order valence-electron chi connectivity index (χ2n) is 8.96. The van der Waals surface area contributed by atoms with E-state index in [-0.39, 0.29) is 23.9 Å². The topological polar surface area (TPSA) is 109 Å². The van der Waals surface area contributed by atoms with Gasteiger partial charge >= 0.3 is 5.97 Å². The van der Waals surface area contributed by atoms with Crippen LogP contribution in [0.15, 0.2) is 58.1 Å². The number of sulfonamides is 1. The molecule has 34 heavy (non-hydrogen) atoms. The van der Waals surface area contributed by atoms with Crippen molar-refractivity contribution < 1.29 is 27.2 Å². The lowest BCUT2D eigenvalue weighted by molar-refractivity contribution is -0.158. The molecule has 0 aliphatic heterocycles. The van der Waals surface area contributed by atoms with Crippen LogP contribution in [0.5, 0.6) is 0 Å². The Morgan fingerprint density at radius 1 is 1.09 bits per heavy atom. The van der Waals surface area contributed by atoms with E-state index in [2.05, 4.69) is 4.72 Å². The molecule has 10 heteroatoms. The van der Waals surface area contributed by atoms with Crippen LogP contribution in [0.3, 0.4) is 0 Å². The highest BCUT2D eigenvalue weighted by Gasteiger charge is 2.21. The van der Waals surface area contributed by atoms with Gasteiger partial charge in [0.1, 0.15) is 17.9 Å². The number of esters is 1. The second-order valence-corrected chi connectivity index (χ2v) is 10.7. The number of amides is 1. The molecule has 9 nitrogen and oxygen atoms in total. The summed E-state index contributed by atoms with van der Waals surface area (Å²) >= 11 is 0. The third-order valence-electron chi connectivity index (χ3n) is 4.49. The molecule has 0 atom stereocenters. The van der Waals surface area contributed by atoms with E-state index in [1.54, 1.807) is 51.1 Å². The quantitative estimate of drug-likeness (QED) is 0.380. The maximum atomic E-state index is 12.8. The highest BCUT2D eigenvalue weighted by molar-refractivity contribution is 7.89. The van der Waals surface area contributed by atoms with Crippen LogP contribution in [0.25, 0.3) is 6.08 Å². The van der Waals surface area contributed by atoms with Crippen LogP contribution >= 0.6 is 0 Å². The van der Waals surface area contributed by atoms with Gasteiger partial charge in [0, 0.05) is 19.2 Å². The van der Waals surface area contributed by atoms with Gasteiger partial charge in [0.2, 0.25) is 15.9 Å². The maximum Gasteiger partial charge on any atom is 0.326 e. The lowest BCUT2D eigenvalue weighted by atomic mass is 10.2. The summed E-state index contributed by atoms with van der Waals surface area (Å²) in [5.41, 5.74) is 0.00103. The smallest absolute Gasteiger partial charge is 0.326 e. The first-order chi connectivity index (χ1) is 15.9. The molecule has 1 aromatic carbocycles. The number of benzene rings is 1. The molecular weight excluding hydrogens is 458 g/mol. The molecule has 1 amide bonds. The lowest BCUT2D eigenvalue weighted by Crippen LogP contribution is -2.41. The average molecular weight is 492 g/mol. The molecule has 2 rings (SSSR count). The van der Waals surface area contributed by atoms with Crippen LogP contribution in [-0.2, 0) is 30.9 Å². The normalized spacial score (nSPS) is 12.3. The Balaban J connectivity index is 2.03. The second kappa shape index (κ2) is 12.0. The van der Waals surface area contributed by atoms with Crippen molar-refractivity contribution in [2.75, 3.05) is 33.7 Å². The van der Waals surface area contributed by atoms with Gasteiger partial charge in [-0.1, -0.05) is 12.1 Å². The Morgan fingerprint density at radius 3 is 2.32 bits per heavy atom. The van der Waals surface area contributed by atoms with Crippen molar-refractivity contribution in [1.82, 2.24) is 14.5 Å². The van der Waals surface area contributed by atoms with Crippen LogP contribution in [0.4, 0.5) is 0 Å². The fourth-order valence-corrected chi connectivity index (χ4v) is 3.80. The number of hydrogen-bond donors (Lipinski definition) is 1. The summed E-state index contributed by atoms with van der Waals surface area (Å²) in [4.78, 5) is 28.4. The van der Waals surface area contributed by atoms with Crippen molar-refractivity contribution in [1.29, 1.82) is 0 Å². The number of hydrogen-bond acceptors (Lipinski definition) is 7. The molecule has 1 aromatic heterocycles. The van der Waals surface area contributed by atoms with Gasteiger partial charge in [-0.3, -0.25) is 9.59 Å². The molecule has 0 aliphatic rings. The van der Waals surface area contributed by atoms with Crippen LogP contribution in [0.1, 0.15) is 32.1 Å². The first-order valence-electron chi connectivity index (χ1n) is 10.8. The van der Waals surface area contributed by atoms with E-state index in [0.717, 1.165) is 0 Å². The Hall–Kier alpha value is -2.95. The number of nitrogens with one attached hydrogen (secondary N) is 1. The Morgan fingerprint density at radius 2 is 1.76 bits per heavy atom. The van der Waals surface area contributed by atoms with Crippen molar-refractivity contribution in [3.05, 3.63) is 60.1 Å². The summed E-state index contributed by atoms with van der Waals surface area (Å²) in [6.45, 7) is 6.14. The van der Waals surface area contributed by atoms with Crippen molar-refractivity contribution >= 4 is 28.0 Å². The van der Waals surface area contributed by atoms with Crippen LogP contribution < -0.4 is 4.72 Å². The van der Waals surface area contributed by atoms with Gasteiger partial charge in [-0.2, -0.15) is 0 Å². The fourth-order valence-electron chi connectivity index (χ4n) is 2.81. The zero-order valence-electron chi connectivity index (χ0n) is 20.3. The van der Waals surface area contributed by atoms with Crippen molar-refractivity contribution in [3.63, 3.8) is 0 Å². The van der Waals surface area contributed by atoms with E-state index in [1.807, 2.05) is 19.0 Å². The molecule has 186 valence electrons. The molecular formula is C24H33N3O6S. The largest absolute Gasteiger partial charge is 0.468 e. The number of likely N-dealkylation sites (N-methyl/N-ethyl adjacent to an activating group) is 1. The summed E-state index contributed by atoms with van der Waals surface area (Å²) < 4.78 is 37.8. The molecule has 0 spiro atoms. The molecule has 1 N–H and O–H groups in total. The summed E-state index contributed by atoms with van der Waals surface area (Å²) in [6, 6.07) is 9.48. The Labute approximate surface area is 201 Å².